The van der Waals surface area contributed by atoms with E-state index in [4.69, 9.17) is 15.3 Å². The number of piperazine rings is 1. The van der Waals surface area contributed by atoms with Gasteiger partial charge in [0.25, 0.3) is 0 Å². The van der Waals surface area contributed by atoms with Crippen LogP contribution in [-0.4, -0.2) is 51.7 Å². The summed E-state index contributed by atoms with van der Waals surface area (Å²) in [4.78, 5) is 10.9. The van der Waals surface area contributed by atoms with Crippen LogP contribution in [0.4, 0.5) is 10.9 Å². The van der Waals surface area contributed by atoms with Crippen LogP contribution < -0.4 is 10.2 Å². The Labute approximate surface area is 216 Å². The maximum absolute atomic E-state index is 9.01. The van der Waals surface area contributed by atoms with Gasteiger partial charge in [0.05, 0.1) is 11.6 Å². The molecule has 0 radical (unpaired) electrons. The lowest BCUT2D eigenvalue weighted by Crippen LogP contribution is -2.46. The Morgan fingerprint density at radius 2 is 1.72 bits per heavy atom. The molecule has 0 spiro atoms. The van der Waals surface area contributed by atoms with Gasteiger partial charge in [-0.05, 0) is 37.5 Å². The highest BCUT2D eigenvalue weighted by molar-refractivity contribution is 7.20. The van der Waals surface area contributed by atoms with Crippen molar-refractivity contribution < 1.29 is 0 Å². The number of aryl methyl sites for hydroxylation is 1. The number of imidazole rings is 1. The molecular formula is C28H31N7S. The quantitative estimate of drug-likeness (QED) is 0.389. The van der Waals surface area contributed by atoms with E-state index < -0.39 is 0 Å². The number of nitriles is 1. The van der Waals surface area contributed by atoms with Crippen LogP contribution in [0.3, 0.4) is 0 Å². The van der Waals surface area contributed by atoms with Crippen molar-refractivity contribution in [3.8, 4) is 17.3 Å². The summed E-state index contributed by atoms with van der Waals surface area (Å²) in [7, 11) is 0. The molecule has 1 aliphatic heterocycles. The fourth-order valence-electron chi connectivity index (χ4n) is 5.21. The third-order valence-corrected chi connectivity index (χ3v) is 8.32. The summed E-state index contributed by atoms with van der Waals surface area (Å²) in [5, 5.41) is 18.9. The SMILES string of the molecule is Cc1ccc(-c2nc3sc(N4CCN(Cc5ccc(C#N)cc5)CC4)nn3c2NC2CCCC2)cc1. The van der Waals surface area contributed by atoms with Gasteiger partial charge in [0.1, 0.15) is 5.69 Å². The standard InChI is InChI=1S/C28H31N7S/c1-20-6-12-23(13-7-20)25-26(30-24-4-2-3-5-24)35-27(31-25)36-28(32-35)34-16-14-33(15-17-34)19-22-10-8-21(18-29)9-11-22/h6-13,24,30H,2-5,14-17,19H2,1H3. The second kappa shape index (κ2) is 9.92. The molecule has 2 aromatic carbocycles. The Morgan fingerprint density at radius 3 is 2.42 bits per heavy atom. The maximum Gasteiger partial charge on any atom is 0.216 e. The number of rotatable bonds is 6. The molecule has 4 aromatic rings. The van der Waals surface area contributed by atoms with E-state index in [1.54, 1.807) is 11.3 Å². The van der Waals surface area contributed by atoms with Gasteiger partial charge in [0.15, 0.2) is 5.82 Å². The van der Waals surface area contributed by atoms with Gasteiger partial charge in [-0.2, -0.15) is 9.78 Å². The monoisotopic (exact) mass is 497 g/mol. The third-order valence-electron chi connectivity index (χ3n) is 7.35. The van der Waals surface area contributed by atoms with Gasteiger partial charge in [-0.3, -0.25) is 4.90 Å². The fraction of sp³-hybridized carbons (Fsp3) is 0.393. The minimum absolute atomic E-state index is 0.491. The number of fused-ring (bicyclic) bond motifs is 1. The number of benzene rings is 2. The molecule has 0 unspecified atom stereocenters. The van der Waals surface area contributed by atoms with E-state index in [-0.39, 0.29) is 0 Å². The zero-order chi connectivity index (χ0) is 24.5. The van der Waals surface area contributed by atoms with Gasteiger partial charge in [0, 0.05) is 44.3 Å². The Balaban J connectivity index is 1.20. The van der Waals surface area contributed by atoms with Crippen molar-refractivity contribution in [2.24, 2.45) is 0 Å². The number of nitrogens with zero attached hydrogens (tertiary/aromatic N) is 6. The van der Waals surface area contributed by atoms with Crippen molar-refractivity contribution in [3.05, 3.63) is 65.2 Å². The maximum atomic E-state index is 9.01. The lowest BCUT2D eigenvalue weighted by molar-refractivity contribution is 0.249. The zero-order valence-corrected chi connectivity index (χ0v) is 21.5. The highest BCUT2D eigenvalue weighted by Crippen LogP contribution is 2.35. The minimum Gasteiger partial charge on any atom is -0.365 e. The number of nitrogens with one attached hydrogen (secondary N) is 1. The van der Waals surface area contributed by atoms with Crippen LogP contribution in [0.2, 0.25) is 0 Å². The smallest absolute Gasteiger partial charge is 0.216 e. The largest absolute Gasteiger partial charge is 0.365 e. The van der Waals surface area contributed by atoms with Crippen LogP contribution in [0.25, 0.3) is 16.2 Å². The molecule has 2 aliphatic rings. The number of aromatic nitrogens is 3. The van der Waals surface area contributed by atoms with Gasteiger partial charge < -0.3 is 10.2 Å². The van der Waals surface area contributed by atoms with E-state index >= 15 is 0 Å². The molecule has 3 heterocycles. The summed E-state index contributed by atoms with van der Waals surface area (Å²) >= 11 is 1.68. The molecule has 1 saturated heterocycles. The van der Waals surface area contributed by atoms with E-state index in [0.717, 1.165) is 59.9 Å². The molecule has 36 heavy (non-hydrogen) atoms. The Hall–Kier alpha value is -3.41. The van der Waals surface area contributed by atoms with Crippen LogP contribution in [0.1, 0.15) is 42.4 Å². The van der Waals surface area contributed by atoms with Gasteiger partial charge in [-0.25, -0.2) is 4.98 Å². The Bertz CT molecular complexity index is 1370. The summed E-state index contributed by atoms with van der Waals surface area (Å²) in [6, 6.07) is 19.2. The molecule has 1 saturated carbocycles. The number of hydrogen-bond donors (Lipinski definition) is 1. The normalized spacial score (nSPS) is 17.1. The first-order chi connectivity index (χ1) is 17.7. The van der Waals surface area contributed by atoms with Crippen molar-refractivity contribution in [2.75, 3.05) is 36.4 Å². The van der Waals surface area contributed by atoms with Crippen molar-refractivity contribution in [1.82, 2.24) is 19.5 Å². The molecule has 184 valence electrons. The minimum atomic E-state index is 0.491. The summed E-state index contributed by atoms with van der Waals surface area (Å²) in [6.45, 7) is 6.90. The van der Waals surface area contributed by atoms with E-state index in [2.05, 4.69) is 64.5 Å². The first kappa shape index (κ1) is 23.0. The van der Waals surface area contributed by atoms with Crippen molar-refractivity contribution in [2.45, 2.75) is 45.2 Å². The van der Waals surface area contributed by atoms with E-state index in [9.17, 15) is 0 Å². The third kappa shape index (κ3) is 4.69. The fourth-order valence-corrected chi connectivity index (χ4v) is 6.16. The molecular weight excluding hydrogens is 466 g/mol. The van der Waals surface area contributed by atoms with Crippen LogP contribution in [0.5, 0.6) is 0 Å². The Kier molecular flexibility index (Phi) is 6.34. The summed E-state index contributed by atoms with van der Waals surface area (Å²) in [5.74, 6) is 1.03. The summed E-state index contributed by atoms with van der Waals surface area (Å²) < 4.78 is 2.04. The molecule has 2 fully saturated rings. The van der Waals surface area contributed by atoms with Crippen LogP contribution in [-0.2, 0) is 6.54 Å². The highest BCUT2D eigenvalue weighted by atomic mass is 32.1. The number of hydrogen-bond acceptors (Lipinski definition) is 7. The van der Waals surface area contributed by atoms with E-state index in [1.165, 1.54) is 36.8 Å². The Morgan fingerprint density at radius 1 is 1.00 bits per heavy atom. The van der Waals surface area contributed by atoms with E-state index in [1.807, 2.05) is 16.6 Å². The molecule has 0 amide bonds. The van der Waals surface area contributed by atoms with Gasteiger partial charge >= 0.3 is 0 Å². The lowest BCUT2D eigenvalue weighted by Gasteiger charge is -2.34. The first-order valence-electron chi connectivity index (χ1n) is 12.9. The molecule has 6 rings (SSSR count). The summed E-state index contributed by atoms with van der Waals surface area (Å²) in [6.07, 6.45) is 4.99. The summed E-state index contributed by atoms with van der Waals surface area (Å²) in [5.41, 5.74) is 5.35. The lowest BCUT2D eigenvalue weighted by atomic mass is 10.1. The molecule has 0 bridgehead atoms. The van der Waals surface area contributed by atoms with Gasteiger partial charge in [0.2, 0.25) is 10.1 Å². The zero-order valence-electron chi connectivity index (χ0n) is 20.7. The van der Waals surface area contributed by atoms with Gasteiger partial charge in [-0.1, -0.05) is 66.1 Å². The topological polar surface area (TPSA) is 72.5 Å². The molecule has 7 nitrogen and oxygen atoms in total. The predicted molar refractivity (Wildman–Crippen MR) is 146 cm³/mol. The number of anilines is 2. The predicted octanol–water partition coefficient (Wildman–Crippen LogP) is 5.31. The van der Waals surface area contributed by atoms with Crippen molar-refractivity contribution in [1.29, 1.82) is 5.26 Å². The molecule has 0 atom stereocenters. The van der Waals surface area contributed by atoms with E-state index in [0.29, 0.717) is 11.6 Å². The first-order valence-corrected chi connectivity index (χ1v) is 13.7. The second-order valence-corrected chi connectivity index (χ2v) is 10.9. The molecule has 1 N–H and O–H groups in total. The molecule has 2 aromatic heterocycles. The van der Waals surface area contributed by atoms with Gasteiger partial charge in [-0.15, -0.1) is 5.10 Å². The molecule has 1 aliphatic carbocycles. The average Bonchev–Trinajstić information content (AvgIpc) is 3.64. The van der Waals surface area contributed by atoms with Crippen LogP contribution in [0.15, 0.2) is 48.5 Å². The highest BCUT2D eigenvalue weighted by Gasteiger charge is 2.25. The van der Waals surface area contributed by atoms with Crippen molar-refractivity contribution in [3.63, 3.8) is 0 Å². The second-order valence-electron chi connectivity index (χ2n) is 9.95. The van der Waals surface area contributed by atoms with Crippen LogP contribution >= 0.6 is 11.3 Å². The van der Waals surface area contributed by atoms with Crippen molar-refractivity contribution >= 4 is 27.2 Å². The molecule has 8 heteroatoms. The average molecular weight is 498 g/mol. The van der Waals surface area contributed by atoms with Crippen LogP contribution in [0, 0.1) is 18.3 Å².